The van der Waals surface area contributed by atoms with Crippen LogP contribution in [0.15, 0.2) is 24.3 Å². The summed E-state index contributed by atoms with van der Waals surface area (Å²) < 4.78 is 0. The Bertz CT molecular complexity index is 1050. The first-order chi connectivity index (χ1) is 12.3. The van der Waals surface area contributed by atoms with E-state index in [2.05, 4.69) is 31.3 Å². The van der Waals surface area contributed by atoms with Crippen LogP contribution < -0.4 is 5.32 Å². The number of nitrogens with zero attached hydrogens (tertiary/aromatic N) is 3. The number of para-hydroxylation sites is 2. The fourth-order valence-electron chi connectivity index (χ4n) is 3.65. The number of H-pyrrole nitrogens is 1. The number of aromatic nitrogens is 4. The first kappa shape index (κ1) is 14.8. The first-order valence-corrected chi connectivity index (χ1v) is 9.56. The van der Waals surface area contributed by atoms with Crippen LogP contribution in [0.5, 0.6) is 0 Å². The number of fused-ring (bicyclic) bond motifs is 4. The van der Waals surface area contributed by atoms with E-state index in [1.807, 2.05) is 36.5 Å². The van der Waals surface area contributed by atoms with Crippen LogP contribution in [0.25, 0.3) is 21.3 Å². The molecule has 1 aromatic carbocycles. The van der Waals surface area contributed by atoms with E-state index in [4.69, 9.17) is 0 Å². The third-order valence-corrected chi connectivity index (χ3v) is 5.95. The van der Waals surface area contributed by atoms with Gasteiger partial charge in [0.2, 0.25) is 0 Å². The molecule has 6 heteroatoms. The highest BCUT2D eigenvalue weighted by atomic mass is 32.1. The van der Waals surface area contributed by atoms with Gasteiger partial charge in [0.1, 0.15) is 22.3 Å². The molecule has 1 aliphatic carbocycles. The summed E-state index contributed by atoms with van der Waals surface area (Å²) in [6, 6.07) is 8.14. The van der Waals surface area contributed by atoms with E-state index in [0.717, 1.165) is 52.7 Å². The molecular formula is C19H19N5S. The van der Waals surface area contributed by atoms with Crippen LogP contribution in [0.4, 0.5) is 5.82 Å². The number of aryl methyl sites for hydroxylation is 3. The molecule has 0 saturated carbocycles. The lowest BCUT2D eigenvalue weighted by atomic mass is 10.2. The first-order valence-electron chi connectivity index (χ1n) is 8.74. The number of anilines is 1. The van der Waals surface area contributed by atoms with Crippen LogP contribution in [-0.2, 0) is 19.3 Å². The second kappa shape index (κ2) is 5.81. The van der Waals surface area contributed by atoms with Gasteiger partial charge in [-0.25, -0.2) is 15.0 Å². The highest BCUT2D eigenvalue weighted by Crippen LogP contribution is 2.39. The quantitative estimate of drug-likeness (QED) is 0.584. The van der Waals surface area contributed by atoms with Gasteiger partial charge in [-0.2, -0.15) is 0 Å². The van der Waals surface area contributed by atoms with Crippen molar-refractivity contribution in [1.82, 2.24) is 19.9 Å². The van der Waals surface area contributed by atoms with Crippen molar-refractivity contribution in [3.63, 3.8) is 0 Å². The Morgan fingerprint density at radius 2 is 2.08 bits per heavy atom. The number of rotatable bonds is 4. The Kier molecular flexibility index (Phi) is 3.45. The van der Waals surface area contributed by atoms with Gasteiger partial charge in [-0.15, -0.1) is 11.3 Å². The zero-order valence-electron chi connectivity index (χ0n) is 14.1. The molecule has 0 fully saturated rings. The molecule has 0 saturated heterocycles. The molecule has 126 valence electrons. The van der Waals surface area contributed by atoms with E-state index in [9.17, 15) is 0 Å². The van der Waals surface area contributed by atoms with Crippen LogP contribution in [0, 0.1) is 6.92 Å². The smallest absolute Gasteiger partial charge is 0.138 e. The Hall–Kier alpha value is -2.47. The number of benzene rings is 1. The summed E-state index contributed by atoms with van der Waals surface area (Å²) in [5.74, 6) is 2.82. The molecule has 0 radical (unpaired) electrons. The summed E-state index contributed by atoms with van der Waals surface area (Å²) in [7, 11) is 0. The molecule has 4 aromatic rings. The third-order valence-electron chi connectivity index (χ3n) is 4.77. The summed E-state index contributed by atoms with van der Waals surface area (Å²) in [5.41, 5.74) is 3.58. The fraction of sp³-hybridized carbons (Fsp3) is 0.316. The molecule has 0 atom stereocenters. The Labute approximate surface area is 149 Å². The third kappa shape index (κ3) is 2.57. The normalized spacial score (nSPS) is 13.6. The number of nitrogens with one attached hydrogen (secondary N) is 2. The van der Waals surface area contributed by atoms with Gasteiger partial charge in [0.05, 0.1) is 16.4 Å². The summed E-state index contributed by atoms with van der Waals surface area (Å²) in [6.45, 7) is 2.77. The van der Waals surface area contributed by atoms with Crippen molar-refractivity contribution in [3.05, 3.63) is 46.4 Å². The SMILES string of the molecule is Cc1nc(NCCc2nc3ccccc3[nH]2)c2c3c(sc2n1)CCC3. The number of thiophene rings is 1. The van der Waals surface area contributed by atoms with Crippen molar-refractivity contribution in [1.29, 1.82) is 0 Å². The molecule has 3 aromatic heterocycles. The monoisotopic (exact) mass is 349 g/mol. The molecule has 1 aliphatic rings. The number of imidazole rings is 1. The zero-order valence-corrected chi connectivity index (χ0v) is 14.9. The van der Waals surface area contributed by atoms with Gasteiger partial charge < -0.3 is 10.3 Å². The molecule has 2 N–H and O–H groups in total. The van der Waals surface area contributed by atoms with Crippen molar-refractivity contribution in [2.24, 2.45) is 0 Å². The van der Waals surface area contributed by atoms with Crippen molar-refractivity contribution in [2.75, 3.05) is 11.9 Å². The second-order valence-corrected chi connectivity index (χ2v) is 7.62. The molecule has 0 bridgehead atoms. The molecule has 0 spiro atoms. The van der Waals surface area contributed by atoms with Crippen LogP contribution in [-0.4, -0.2) is 26.5 Å². The molecule has 0 amide bonds. The van der Waals surface area contributed by atoms with Gasteiger partial charge in [0.25, 0.3) is 0 Å². The fourth-order valence-corrected chi connectivity index (χ4v) is 4.96. The Morgan fingerprint density at radius 1 is 1.16 bits per heavy atom. The van der Waals surface area contributed by atoms with Crippen LogP contribution in [0.2, 0.25) is 0 Å². The predicted molar refractivity (Wildman–Crippen MR) is 102 cm³/mol. The maximum absolute atomic E-state index is 4.68. The highest BCUT2D eigenvalue weighted by molar-refractivity contribution is 7.19. The molecule has 5 rings (SSSR count). The molecular weight excluding hydrogens is 330 g/mol. The number of hydrogen-bond donors (Lipinski definition) is 2. The summed E-state index contributed by atoms with van der Waals surface area (Å²) in [5, 5.41) is 4.78. The minimum absolute atomic E-state index is 0.802. The van der Waals surface area contributed by atoms with Gasteiger partial charge >= 0.3 is 0 Å². The lowest BCUT2D eigenvalue weighted by molar-refractivity contribution is 0.914. The summed E-state index contributed by atoms with van der Waals surface area (Å²) >= 11 is 1.84. The van der Waals surface area contributed by atoms with Gasteiger partial charge in [-0.3, -0.25) is 0 Å². The summed E-state index contributed by atoms with van der Waals surface area (Å²) in [4.78, 5) is 20.0. The largest absolute Gasteiger partial charge is 0.369 e. The van der Waals surface area contributed by atoms with Crippen molar-refractivity contribution >= 4 is 38.4 Å². The van der Waals surface area contributed by atoms with Crippen LogP contribution >= 0.6 is 11.3 Å². The molecule has 3 heterocycles. The molecule has 25 heavy (non-hydrogen) atoms. The van der Waals surface area contributed by atoms with Crippen molar-refractivity contribution in [2.45, 2.75) is 32.6 Å². The minimum Gasteiger partial charge on any atom is -0.369 e. The van der Waals surface area contributed by atoms with Gasteiger partial charge in [-0.1, -0.05) is 12.1 Å². The average molecular weight is 349 g/mol. The maximum Gasteiger partial charge on any atom is 0.138 e. The Balaban J connectivity index is 1.40. The lowest BCUT2D eigenvalue weighted by Gasteiger charge is -2.08. The van der Waals surface area contributed by atoms with E-state index in [1.54, 1.807) is 0 Å². The van der Waals surface area contributed by atoms with Crippen molar-refractivity contribution in [3.8, 4) is 0 Å². The topological polar surface area (TPSA) is 66.5 Å². The average Bonchev–Trinajstić information content (AvgIpc) is 3.27. The standard InChI is InChI=1S/C19H19N5S/c1-11-21-18(17-12-5-4-8-15(12)25-19(17)22-11)20-10-9-16-23-13-6-2-3-7-14(13)24-16/h2-3,6-7H,4-5,8-10H2,1H3,(H,23,24)(H,20,21,22). The maximum atomic E-state index is 4.68. The minimum atomic E-state index is 0.802. The van der Waals surface area contributed by atoms with E-state index in [-0.39, 0.29) is 0 Å². The van der Waals surface area contributed by atoms with Gasteiger partial charge in [0.15, 0.2) is 0 Å². The summed E-state index contributed by atoms with van der Waals surface area (Å²) in [6.07, 6.45) is 4.43. The molecule has 5 nitrogen and oxygen atoms in total. The lowest BCUT2D eigenvalue weighted by Crippen LogP contribution is -2.09. The molecule has 0 unspecified atom stereocenters. The zero-order chi connectivity index (χ0) is 16.8. The van der Waals surface area contributed by atoms with E-state index in [1.165, 1.54) is 28.7 Å². The van der Waals surface area contributed by atoms with E-state index >= 15 is 0 Å². The van der Waals surface area contributed by atoms with Crippen molar-refractivity contribution < 1.29 is 0 Å². The van der Waals surface area contributed by atoms with Gasteiger partial charge in [-0.05, 0) is 43.9 Å². The van der Waals surface area contributed by atoms with Gasteiger partial charge in [0, 0.05) is 17.8 Å². The van der Waals surface area contributed by atoms with E-state index < -0.39 is 0 Å². The number of hydrogen-bond acceptors (Lipinski definition) is 5. The molecule has 0 aliphatic heterocycles. The van der Waals surface area contributed by atoms with Crippen LogP contribution in [0.1, 0.15) is 28.5 Å². The van der Waals surface area contributed by atoms with E-state index in [0.29, 0.717) is 0 Å². The Morgan fingerprint density at radius 3 is 3.00 bits per heavy atom. The number of aromatic amines is 1. The second-order valence-electron chi connectivity index (χ2n) is 6.53. The van der Waals surface area contributed by atoms with Crippen LogP contribution in [0.3, 0.4) is 0 Å². The predicted octanol–water partition coefficient (Wildman–Crippen LogP) is 4.02. The highest BCUT2D eigenvalue weighted by Gasteiger charge is 2.21.